The summed E-state index contributed by atoms with van der Waals surface area (Å²) >= 11 is 0. The molecule has 0 aromatic carbocycles. The van der Waals surface area contributed by atoms with Crippen molar-refractivity contribution in [1.29, 1.82) is 0 Å². The summed E-state index contributed by atoms with van der Waals surface area (Å²) in [7, 11) is 0. The molecule has 1 saturated heterocycles. The fourth-order valence-electron chi connectivity index (χ4n) is 2.56. The number of hydrogen-bond donors (Lipinski definition) is 1. The summed E-state index contributed by atoms with van der Waals surface area (Å²) in [5.41, 5.74) is 1.71. The van der Waals surface area contributed by atoms with Gasteiger partial charge < -0.3 is 4.90 Å². The predicted octanol–water partition coefficient (Wildman–Crippen LogP) is 1.72. The Morgan fingerprint density at radius 2 is 2.06 bits per heavy atom. The van der Waals surface area contributed by atoms with Crippen LogP contribution in [-0.2, 0) is 6.42 Å². The quantitative estimate of drug-likeness (QED) is 0.800. The van der Waals surface area contributed by atoms with Gasteiger partial charge in [0.15, 0.2) is 0 Å². The smallest absolute Gasteiger partial charge is 0.259 e. The average molecular weight is 231 g/mol. The van der Waals surface area contributed by atoms with Crippen molar-refractivity contribution < 1.29 is 0 Å². The van der Waals surface area contributed by atoms with Gasteiger partial charge >= 0.3 is 0 Å². The van der Waals surface area contributed by atoms with Gasteiger partial charge in [0.25, 0.3) is 5.56 Å². The van der Waals surface area contributed by atoms with Gasteiger partial charge in [-0.3, -0.25) is 9.78 Å². The van der Waals surface area contributed by atoms with Crippen LogP contribution in [0.25, 0.3) is 6.08 Å². The Balaban J connectivity index is 1.98. The third-order valence-corrected chi connectivity index (χ3v) is 3.51. The summed E-state index contributed by atoms with van der Waals surface area (Å²) in [6.45, 7) is 2.02. The molecule has 0 radical (unpaired) electrons. The molecule has 0 atom stereocenters. The third-order valence-electron chi connectivity index (χ3n) is 3.51. The largest absolute Gasteiger partial charge is 0.342 e. The Morgan fingerprint density at radius 1 is 1.24 bits per heavy atom. The van der Waals surface area contributed by atoms with Gasteiger partial charge in [-0.2, -0.15) is 0 Å². The van der Waals surface area contributed by atoms with Crippen molar-refractivity contribution in [2.75, 3.05) is 18.0 Å². The molecule has 1 aliphatic heterocycles. The second kappa shape index (κ2) is 4.35. The fourth-order valence-corrected chi connectivity index (χ4v) is 2.56. The van der Waals surface area contributed by atoms with Crippen molar-refractivity contribution in [3.05, 3.63) is 27.7 Å². The number of H-pyrrole nitrogens is 1. The first-order chi connectivity index (χ1) is 8.34. The number of fused-ring (bicyclic) bond motifs is 1. The average Bonchev–Trinajstić information content (AvgIpc) is 2.40. The van der Waals surface area contributed by atoms with Gasteiger partial charge in [-0.15, -0.1) is 0 Å². The van der Waals surface area contributed by atoms with E-state index in [1.807, 2.05) is 12.2 Å². The van der Waals surface area contributed by atoms with E-state index in [0.717, 1.165) is 43.1 Å². The first-order valence-electron chi connectivity index (χ1n) is 6.39. The molecular weight excluding hydrogens is 214 g/mol. The molecule has 0 spiro atoms. The maximum absolute atomic E-state index is 12.0. The fraction of sp³-hybridized carbons (Fsp3) is 0.538. The van der Waals surface area contributed by atoms with E-state index in [9.17, 15) is 4.79 Å². The van der Waals surface area contributed by atoms with Crippen LogP contribution in [0.2, 0.25) is 0 Å². The highest BCUT2D eigenvalue weighted by Gasteiger charge is 2.17. The minimum atomic E-state index is 0.00604. The van der Waals surface area contributed by atoms with Crippen molar-refractivity contribution in [2.24, 2.45) is 0 Å². The Kier molecular flexibility index (Phi) is 2.71. The van der Waals surface area contributed by atoms with Crippen molar-refractivity contribution in [3.8, 4) is 0 Å². The van der Waals surface area contributed by atoms with Crippen LogP contribution < -0.4 is 10.5 Å². The second-order valence-corrected chi connectivity index (χ2v) is 4.74. The second-order valence-electron chi connectivity index (χ2n) is 4.74. The van der Waals surface area contributed by atoms with Gasteiger partial charge in [0.2, 0.25) is 5.95 Å². The summed E-state index contributed by atoms with van der Waals surface area (Å²) in [5.74, 6) is 0.767. The summed E-state index contributed by atoms with van der Waals surface area (Å²) in [5, 5.41) is 0. The maximum Gasteiger partial charge on any atom is 0.259 e. The lowest BCUT2D eigenvalue weighted by atomic mass is 10.0. The molecule has 1 fully saturated rings. The van der Waals surface area contributed by atoms with Crippen LogP contribution in [0.4, 0.5) is 5.95 Å². The molecule has 3 rings (SSSR count). The number of nitrogens with zero attached hydrogens (tertiary/aromatic N) is 2. The number of aryl methyl sites for hydroxylation is 1. The molecule has 2 heterocycles. The van der Waals surface area contributed by atoms with Crippen LogP contribution in [-0.4, -0.2) is 23.1 Å². The number of anilines is 1. The number of aromatic nitrogens is 2. The van der Waals surface area contributed by atoms with Gasteiger partial charge in [0.05, 0.1) is 11.3 Å². The number of rotatable bonds is 1. The first-order valence-corrected chi connectivity index (χ1v) is 6.39. The van der Waals surface area contributed by atoms with E-state index in [1.165, 1.54) is 19.3 Å². The van der Waals surface area contributed by atoms with Gasteiger partial charge in [-0.1, -0.05) is 12.2 Å². The molecular formula is C13H17N3O. The zero-order valence-electron chi connectivity index (χ0n) is 9.91. The zero-order valence-corrected chi connectivity index (χ0v) is 9.91. The molecule has 1 aliphatic carbocycles. The van der Waals surface area contributed by atoms with Crippen molar-refractivity contribution in [3.63, 3.8) is 0 Å². The molecule has 2 aliphatic rings. The normalized spacial score (nSPS) is 19.2. The molecule has 0 unspecified atom stereocenters. The summed E-state index contributed by atoms with van der Waals surface area (Å²) < 4.78 is 0. The standard InChI is InChI=1S/C13H17N3O/c17-12-10-6-2-3-7-11(10)14-13(15-12)16-8-4-1-5-9-16/h2,6H,1,3-5,7-9H2,(H,14,15,17). The minimum Gasteiger partial charge on any atom is -0.342 e. The van der Waals surface area contributed by atoms with Crippen molar-refractivity contribution >= 4 is 12.0 Å². The molecule has 4 heteroatoms. The Bertz CT molecular complexity index is 498. The molecule has 17 heavy (non-hydrogen) atoms. The third kappa shape index (κ3) is 1.99. The lowest BCUT2D eigenvalue weighted by molar-refractivity contribution is 0.566. The van der Waals surface area contributed by atoms with Crippen LogP contribution in [0.1, 0.15) is 36.9 Å². The van der Waals surface area contributed by atoms with Crippen LogP contribution in [0.15, 0.2) is 10.9 Å². The van der Waals surface area contributed by atoms with E-state index < -0.39 is 0 Å². The van der Waals surface area contributed by atoms with Crippen molar-refractivity contribution in [1.82, 2.24) is 9.97 Å². The Morgan fingerprint density at radius 3 is 2.88 bits per heavy atom. The maximum atomic E-state index is 12.0. The van der Waals surface area contributed by atoms with E-state index in [-0.39, 0.29) is 5.56 Å². The van der Waals surface area contributed by atoms with E-state index in [4.69, 9.17) is 0 Å². The van der Waals surface area contributed by atoms with Gasteiger partial charge in [-0.05, 0) is 32.1 Å². The summed E-state index contributed by atoms with van der Waals surface area (Å²) in [6.07, 6.45) is 9.49. The topological polar surface area (TPSA) is 49.0 Å². The van der Waals surface area contributed by atoms with Gasteiger partial charge in [0, 0.05) is 13.1 Å². The number of aromatic amines is 1. The number of piperidine rings is 1. The minimum absolute atomic E-state index is 0.00604. The Labute approximate surface area is 100 Å². The molecule has 90 valence electrons. The summed E-state index contributed by atoms with van der Waals surface area (Å²) in [6, 6.07) is 0. The van der Waals surface area contributed by atoms with Gasteiger partial charge in [0.1, 0.15) is 0 Å². The Hall–Kier alpha value is -1.58. The van der Waals surface area contributed by atoms with E-state index >= 15 is 0 Å². The van der Waals surface area contributed by atoms with Crippen LogP contribution in [0, 0.1) is 0 Å². The van der Waals surface area contributed by atoms with Gasteiger partial charge in [-0.25, -0.2) is 4.98 Å². The van der Waals surface area contributed by atoms with E-state index in [2.05, 4.69) is 14.9 Å². The molecule has 0 bridgehead atoms. The SMILES string of the molecule is O=c1[nH]c(N2CCCCC2)nc2c1C=CCC2. The lowest BCUT2D eigenvalue weighted by Crippen LogP contribution is -2.33. The number of nitrogens with one attached hydrogen (secondary N) is 1. The highest BCUT2D eigenvalue weighted by atomic mass is 16.1. The van der Waals surface area contributed by atoms with Crippen molar-refractivity contribution in [2.45, 2.75) is 32.1 Å². The highest BCUT2D eigenvalue weighted by molar-refractivity contribution is 5.54. The molecule has 1 aromatic rings. The highest BCUT2D eigenvalue weighted by Crippen LogP contribution is 2.18. The zero-order chi connectivity index (χ0) is 11.7. The van der Waals surface area contributed by atoms with E-state index in [1.54, 1.807) is 0 Å². The molecule has 0 saturated carbocycles. The van der Waals surface area contributed by atoms with E-state index in [0.29, 0.717) is 0 Å². The first kappa shape index (κ1) is 10.6. The molecule has 0 amide bonds. The van der Waals surface area contributed by atoms with Crippen LogP contribution in [0.5, 0.6) is 0 Å². The molecule has 1 aromatic heterocycles. The number of allylic oxidation sites excluding steroid dienone is 1. The summed E-state index contributed by atoms with van der Waals surface area (Å²) in [4.78, 5) is 21.7. The predicted molar refractivity (Wildman–Crippen MR) is 68.3 cm³/mol. The molecule has 4 nitrogen and oxygen atoms in total. The lowest BCUT2D eigenvalue weighted by Gasteiger charge is -2.27. The van der Waals surface area contributed by atoms with Crippen LogP contribution >= 0.6 is 0 Å². The monoisotopic (exact) mass is 231 g/mol. The number of hydrogen-bond acceptors (Lipinski definition) is 3. The molecule has 1 N–H and O–H groups in total. The van der Waals surface area contributed by atoms with Crippen LogP contribution in [0.3, 0.4) is 0 Å².